The van der Waals surface area contributed by atoms with Gasteiger partial charge in [0.05, 0.1) is 29.2 Å². The lowest BCUT2D eigenvalue weighted by Crippen LogP contribution is -2.39. The van der Waals surface area contributed by atoms with Gasteiger partial charge in [0.25, 0.3) is 0 Å². The first-order valence-electron chi connectivity index (χ1n) is 6.45. The molecular weight excluding hydrogens is 301 g/mol. The van der Waals surface area contributed by atoms with E-state index in [0.29, 0.717) is 12.8 Å². The lowest BCUT2D eigenvalue weighted by atomic mass is 10.2. The second-order valence-electron chi connectivity index (χ2n) is 4.91. The third kappa shape index (κ3) is 3.39. The van der Waals surface area contributed by atoms with Gasteiger partial charge < -0.3 is 9.84 Å². The van der Waals surface area contributed by atoms with Gasteiger partial charge in [-0.3, -0.25) is 0 Å². The van der Waals surface area contributed by atoms with Gasteiger partial charge in [-0.2, -0.15) is 0 Å². The molecule has 6 nitrogen and oxygen atoms in total. The summed E-state index contributed by atoms with van der Waals surface area (Å²) in [6.45, 7) is 1.31. The van der Waals surface area contributed by atoms with E-state index in [1.807, 2.05) is 0 Å². The molecule has 1 fully saturated rings. The van der Waals surface area contributed by atoms with Crippen molar-refractivity contribution in [3.63, 3.8) is 0 Å². The van der Waals surface area contributed by atoms with Crippen molar-refractivity contribution in [1.29, 1.82) is 0 Å². The molecule has 0 radical (unpaired) electrons. The number of aliphatic hydroxyl groups is 1. The van der Waals surface area contributed by atoms with Crippen LogP contribution in [-0.2, 0) is 14.8 Å². The molecule has 2 N–H and O–H groups in total. The van der Waals surface area contributed by atoms with Crippen LogP contribution in [-0.4, -0.2) is 38.2 Å². The highest BCUT2D eigenvalue weighted by molar-refractivity contribution is 7.89. The van der Waals surface area contributed by atoms with E-state index >= 15 is 0 Å². The predicted molar refractivity (Wildman–Crippen MR) is 71.7 cm³/mol. The van der Waals surface area contributed by atoms with E-state index in [-0.39, 0.29) is 18.1 Å². The first-order chi connectivity index (χ1) is 9.83. The number of benzene rings is 1. The van der Waals surface area contributed by atoms with Crippen LogP contribution in [0.2, 0.25) is 0 Å². The Labute approximate surface area is 122 Å². The Kier molecular flexibility index (Phi) is 4.31. The Morgan fingerprint density at radius 2 is 2.14 bits per heavy atom. The number of hydrogen-bond donors (Lipinski definition) is 2. The minimum atomic E-state index is -3.94. The zero-order chi connectivity index (χ0) is 15.7. The molecule has 2 rings (SSSR count). The first-order valence-corrected chi connectivity index (χ1v) is 7.93. The van der Waals surface area contributed by atoms with E-state index in [1.165, 1.54) is 0 Å². The highest BCUT2D eigenvalue weighted by Gasteiger charge is 2.45. The summed E-state index contributed by atoms with van der Waals surface area (Å²) in [5.41, 5.74) is -1.27. The highest BCUT2D eigenvalue weighted by Crippen LogP contribution is 2.36. The third-order valence-electron chi connectivity index (χ3n) is 3.25. The van der Waals surface area contributed by atoms with Crippen molar-refractivity contribution in [3.8, 4) is 0 Å². The van der Waals surface area contributed by atoms with Crippen LogP contribution in [0.1, 0.15) is 30.1 Å². The minimum Gasteiger partial charge on any atom is -0.462 e. The Bertz CT molecular complexity index is 655. The van der Waals surface area contributed by atoms with E-state index in [2.05, 4.69) is 9.46 Å². The zero-order valence-electron chi connectivity index (χ0n) is 11.4. The molecule has 8 heteroatoms. The lowest BCUT2D eigenvalue weighted by Gasteiger charge is -2.15. The van der Waals surface area contributed by atoms with Crippen LogP contribution in [0.5, 0.6) is 0 Å². The molecule has 0 aliphatic heterocycles. The summed E-state index contributed by atoms with van der Waals surface area (Å²) in [4.78, 5) is 11.3. The molecule has 116 valence electrons. The van der Waals surface area contributed by atoms with Crippen molar-refractivity contribution in [2.75, 3.05) is 13.2 Å². The molecule has 1 aromatic rings. The molecule has 0 bridgehead atoms. The van der Waals surface area contributed by atoms with Crippen molar-refractivity contribution >= 4 is 16.0 Å². The van der Waals surface area contributed by atoms with Crippen molar-refractivity contribution in [1.82, 2.24) is 4.72 Å². The maximum Gasteiger partial charge on any atom is 0.341 e. The monoisotopic (exact) mass is 317 g/mol. The molecule has 0 aromatic heterocycles. The molecule has 0 saturated heterocycles. The van der Waals surface area contributed by atoms with Crippen LogP contribution in [0.25, 0.3) is 0 Å². The average molecular weight is 317 g/mol. The Balaban J connectivity index is 2.32. The molecule has 0 unspecified atom stereocenters. The molecular formula is C13H16FNO5S. The van der Waals surface area contributed by atoms with Gasteiger partial charge in [-0.25, -0.2) is 22.3 Å². The second-order valence-corrected chi connectivity index (χ2v) is 6.59. The number of ether oxygens (including phenoxy) is 1. The fourth-order valence-electron chi connectivity index (χ4n) is 1.82. The number of halogens is 1. The average Bonchev–Trinajstić information content (AvgIpc) is 3.18. The zero-order valence-corrected chi connectivity index (χ0v) is 12.2. The number of sulfonamides is 1. The van der Waals surface area contributed by atoms with Gasteiger partial charge in [-0.15, -0.1) is 0 Å². The van der Waals surface area contributed by atoms with Crippen LogP contribution >= 0.6 is 0 Å². The van der Waals surface area contributed by atoms with Crippen molar-refractivity contribution in [2.45, 2.75) is 30.2 Å². The fourth-order valence-corrected chi connectivity index (χ4v) is 3.30. The van der Waals surface area contributed by atoms with Gasteiger partial charge in [-0.1, -0.05) is 0 Å². The molecule has 0 atom stereocenters. The van der Waals surface area contributed by atoms with Gasteiger partial charge in [0.1, 0.15) is 5.82 Å². The van der Waals surface area contributed by atoms with Crippen molar-refractivity contribution in [3.05, 3.63) is 29.6 Å². The van der Waals surface area contributed by atoms with Crippen molar-refractivity contribution in [2.24, 2.45) is 0 Å². The number of aliphatic hydroxyl groups excluding tert-OH is 1. The Morgan fingerprint density at radius 1 is 1.48 bits per heavy atom. The predicted octanol–water partition coefficient (Wildman–Crippen LogP) is 0.806. The molecule has 1 aliphatic carbocycles. The maximum atomic E-state index is 13.6. The number of esters is 1. The summed E-state index contributed by atoms with van der Waals surface area (Å²) in [6, 6.07) is 2.90. The van der Waals surface area contributed by atoms with Crippen LogP contribution in [0, 0.1) is 5.82 Å². The number of hydrogen-bond acceptors (Lipinski definition) is 5. The third-order valence-corrected chi connectivity index (χ3v) is 4.83. The number of carbonyl (C=O) groups excluding carboxylic acids is 1. The molecule has 0 amide bonds. The molecule has 1 aromatic carbocycles. The van der Waals surface area contributed by atoms with E-state index in [9.17, 15) is 17.6 Å². The summed E-state index contributed by atoms with van der Waals surface area (Å²) in [5, 5.41) is 9.16. The quantitative estimate of drug-likeness (QED) is 0.757. The van der Waals surface area contributed by atoms with Gasteiger partial charge in [-0.05, 0) is 38.0 Å². The summed E-state index contributed by atoms with van der Waals surface area (Å²) in [7, 11) is -3.94. The smallest absolute Gasteiger partial charge is 0.341 e. The van der Waals surface area contributed by atoms with E-state index < -0.39 is 32.9 Å². The van der Waals surface area contributed by atoms with E-state index in [1.54, 1.807) is 6.92 Å². The summed E-state index contributed by atoms with van der Waals surface area (Å²) < 4.78 is 45.0. The standard InChI is InChI=1S/C13H16FNO5S/c1-2-20-12(17)10-7-9(3-4-11(10)14)21(18,19)15-13(8-16)5-6-13/h3-4,7,15-16H,2,5-6,8H2,1H3. The lowest BCUT2D eigenvalue weighted by molar-refractivity contribution is 0.0520. The number of nitrogens with one attached hydrogen (secondary N) is 1. The van der Waals surface area contributed by atoms with Gasteiger partial charge in [0.2, 0.25) is 10.0 Å². The van der Waals surface area contributed by atoms with Gasteiger partial charge >= 0.3 is 5.97 Å². The summed E-state index contributed by atoms with van der Waals surface area (Å²) in [6.07, 6.45) is 1.07. The van der Waals surface area contributed by atoms with Crippen molar-refractivity contribution < 1.29 is 27.4 Å². The van der Waals surface area contributed by atoms with Gasteiger partial charge in [0, 0.05) is 0 Å². The summed E-state index contributed by atoms with van der Waals surface area (Å²) >= 11 is 0. The number of rotatable bonds is 6. The largest absolute Gasteiger partial charge is 0.462 e. The van der Waals surface area contributed by atoms with Crippen LogP contribution < -0.4 is 4.72 Å². The Morgan fingerprint density at radius 3 is 2.67 bits per heavy atom. The topological polar surface area (TPSA) is 92.7 Å². The first kappa shape index (κ1) is 15.9. The SMILES string of the molecule is CCOC(=O)c1cc(S(=O)(=O)NC2(CO)CC2)ccc1F. The van der Waals surface area contributed by atoms with E-state index in [4.69, 9.17) is 5.11 Å². The highest BCUT2D eigenvalue weighted by atomic mass is 32.2. The fraction of sp³-hybridized carbons (Fsp3) is 0.462. The van der Waals surface area contributed by atoms with Crippen LogP contribution in [0.4, 0.5) is 4.39 Å². The van der Waals surface area contributed by atoms with E-state index in [0.717, 1.165) is 18.2 Å². The second kappa shape index (κ2) is 5.70. The minimum absolute atomic E-state index is 0.0567. The molecule has 0 heterocycles. The van der Waals surface area contributed by atoms with Gasteiger partial charge in [0.15, 0.2) is 0 Å². The maximum absolute atomic E-state index is 13.6. The Hall–Kier alpha value is -1.51. The van der Waals surface area contributed by atoms with Crippen LogP contribution in [0.15, 0.2) is 23.1 Å². The number of carbonyl (C=O) groups is 1. The molecule has 1 aliphatic rings. The summed E-state index contributed by atoms with van der Waals surface area (Å²) in [5.74, 6) is -1.77. The molecule has 21 heavy (non-hydrogen) atoms. The molecule has 0 spiro atoms. The molecule has 1 saturated carbocycles. The normalized spacial score (nSPS) is 16.5. The van der Waals surface area contributed by atoms with Crippen LogP contribution in [0.3, 0.4) is 0 Å².